The van der Waals surface area contributed by atoms with Crippen LogP contribution in [0.1, 0.15) is 48.5 Å². The zero-order valence-corrected chi connectivity index (χ0v) is 16.4. The van der Waals surface area contributed by atoms with Crippen LogP contribution in [0, 0.1) is 0 Å². The number of nitrogens with one attached hydrogen (secondary N) is 1. The van der Waals surface area contributed by atoms with Crippen LogP contribution >= 0.6 is 0 Å². The van der Waals surface area contributed by atoms with Gasteiger partial charge < -0.3 is 37.0 Å². The first-order chi connectivity index (χ1) is 11.1. The Balaban J connectivity index is -0.0000000331. The highest BCUT2D eigenvalue weighted by molar-refractivity contribution is 5.63. The van der Waals surface area contributed by atoms with E-state index in [4.69, 9.17) is 49.5 Å². The van der Waals surface area contributed by atoms with Gasteiger partial charge in [-0.3, -0.25) is 24.0 Å². The van der Waals surface area contributed by atoms with Gasteiger partial charge in [-0.2, -0.15) is 0 Å². The molecule has 0 aromatic rings. The van der Waals surface area contributed by atoms with Gasteiger partial charge in [0.1, 0.15) is 0 Å². The summed E-state index contributed by atoms with van der Waals surface area (Å²) in [7, 11) is 0. The molecule has 0 unspecified atom stereocenters. The molecular weight excluding hydrogens is 356 g/mol. The molecule has 160 valence electrons. The molecule has 0 amide bonds. The molecule has 0 aliphatic rings. The van der Waals surface area contributed by atoms with Gasteiger partial charge in [-0.05, 0) is 13.1 Å². The van der Waals surface area contributed by atoms with E-state index < -0.39 is 29.8 Å². The molecule has 12 heteroatoms. The fourth-order valence-electron chi connectivity index (χ4n) is 0.250. The van der Waals surface area contributed by atoms with Crippen LogP contribution in [0.15, 0.2) is 0 Å². The molecule has 0 saturated heterocycles. The van der Waals surface area contributed by atoms with Gasteiger partial charge in [0.15, 0.2) is 0 Å². The summed E-state index contributed by atoms with van der Waals surface area (Å²) in [6.45, 7) is 11.8. The molecule has 0 spiro atoms. The van der Waals surface area contributed by atoms with E-state index in [1.54, 1.807) is 0 Å². The molecular formula is C14H34N2O10. The van der Waals surface area contributed by atoms with Gasteiger partial charge in [0, 0.05) is 34.6 Å². The molecule has 9 N–H and O–H groups in total. The molecule has 0 saturated carbocycles. The Kier molecular flexibility index (Phi) is 72.5. The number of aliphatic carboxylic acids is 5. The zero-order valence-electron chi connectivity index (χ0n) is 16.4. The largest absolute Gasteiger partial charge is 0.481 e. The lowest BCUT2D eigenvalue weighted by Gasteiger charge is -1.86. The molecule has 0 atom stereocenters. The Labute approximate surface area is 153 Å². The second-order valence-corrected chi connectivity index (χ2v) is 3.55. The summed E-state index contributed by atoms with van der Waals surface area (Å²) in [5.41, 5.74) is 0. The first kappa shape index (κ1) is 43.6. The fraction of sp³-hybridized carbons (Fsp3) is 0.643. The average molecular weight is 390 g/mol. The standard InChI is InChI=1S/C4H11N.5C2H4O2.H3N/c1-3-5-4-2;5*1-2(3)4;/h5H,3-4H2,1-2H3;5*1H3,(H,3,4);1H3. The molecule has 26 heavy (non-hydrogen) atoms. The quantitative estimate of drug-likeness (QED) is 0.352. The van der Waals surface area contributed by atoms with Crippen LogP contribution < -0.4 is 11.5 Å². The Morgan fingerprint density at radius 1 is 0.538 bits per heavy atom. The van der Waals surface area contributed by atoms with E-state index in [0.29, 0.717) is 0 Å². The SMILES string of the molecule is CC(=O)O.CC(=O)O.CC(=O)O.CC(=O)O.CC(=O)O.CCNCC.N. The lowest BCUT2D eigenvalue weighted by molar-refractivity contribution is -0.135. The lowest BCUT2D eigenvalue weighted by atomic mass is 10.7. The third-order valence-electron chi connectivity index (χ3n) is 0.500. The van der Waals surface area contributed by atoms with Gasteiger partial charge in [-0.1, -0.05) is 13.8 Å². The highest BCUT2D eigenvalue weighted by atomic mass is 16.4. The molecule has 0 rings (SSSR count). The number of hydrogen-bond acceptors (Lipinski definition) is 7. The van der Waals surface area contributed by atoms with Gasteiger partial charge >= 0.3 is 0 Å². The number of carboxylic acid groups (broad SMARTS) is 5. The van der Waals surface area contributed by atoms with Crippen molar-refractivity contribution in [2.75, 3.05) is 13.1 Å². The van der Waals surface area contributed by atoms with E-state index >= 15 is 0 Å². The monoisotopic (exact) mass is 390 g/mol. The Hall–Kier alpha value is -2.73. The molecule has 0 aromatic heterocycles. The van der Waals surface area contributed by atoms with Crippen LogP contribution in [0.3, 0.4) is 0 Å². The Bertz CT molecular complexity index is 255. The first-order valence-corrected chi connectivity index (χ1v) is 6.76. The van der Waals surface area contributed by atoms with Crippen LogP contribution in [0.4, 0.5) is 0 Å². The van der Waals surface area contributed by atoms with Crippen molar-refractivity contribution in [3.05, 3.63) is 0 Å². The van der Waals surface area contributed by atoms with E-state index in [1.807, 2.05) is 0 Å². The van der Waals surface area contributed by atoms with E-state index in [1.165, 1.54) is 0 Å². The summed E-state index contributed by atoms with van der Waals surface area (Å²) >= 11 is 0. The molecule has 0 aliphatic heterocycles. The van der Waals surface area contributed by atoms with E-state index in [9.17, 15) is 0 Å². The van der Waals surface area contributed by atoms with Crippen molar-refractivity contribution in [2.45, 2.75) is 48.5 Å². The smallest absolute Gasteiger partial charge is 0.300 e. The molecule has 0 radical (unpaired) electrons. The average Bonchev–Trinajstić information content (AvgIpc) is 2.25. The maximum atomic E-state index is 9.00. The van der Waals surface area contributed by atoms with Crippen LogP contribution in [0.2, 0.25) is 0 Å². The second kappa shape index (κ2) is 43.2. The Morgan fingerprint density at radius 2 is 0.615 bits per heavy atom. The Morgan fingerprint density at radius 3 is 0.615 bits per heavy atom. The molecule has 0 aliphatic carbocycles. The van der Waals surface area contributed by atoms with Crippen molar-refractivity contribution >= 4 is 29.8 Å². The summed E-state index contributed by atoms with van der Waals surface area (Å²) in [4.78, 5) is 45.0. The van der Waals surface area contributed by atoms with Crippen LogP contribution in [-0.4, -0.2) is 68.5 Å². The normalized spacial score (nSPS) is 6.42. The summed E-state index contributed by atoms with van der Waals surface area (Å²) in [6.07, 6.45) is 0. The maximum absolute atomic E-state index is 9.00. The number of carbonyl (C=O) groups is 5. The van der Waals surface area contributed by atoms with Crippen LogP contribution in [-0.2, 0) is 24.0 Å². The van der Waals surface area contributed by atoms with Crippen molar-refractivity contribution in [2.24, 2.45) is 0 Å². The summed E-state index contributed by atoms with van der Waals surface area (Å²) < 4.78 is 0. The minimum Gasteiger partial charge on any atom is -0.481 e. The molecule has 0 heterocycles. The van der Waals surface area contributed by atoms with Gasteiger partial charge in [0.2, 0.25) is 0 Å². The predicted octanol–water partition coefficient (Wildman–Crippen LogP) is 1.23. The topological polar surface area (TPSA) is 234 Å². The van der Waals surface area contributed by atoms with Crippen molar-refractivity contribution < 1.29 is 49.5 Å². The highest BCUT2D eigenvalue weighted by Crippen LogP contribution is 1.47. The zero-order chi connectivity index (χ0) is 22.0. The van der Waals surface area contributed by atoms with Gasteiger partial charge in [-0.25, -0.2) is 0 Å². The van der Waals surface area contributed by atoms with Crippen molar-refractivity contribution in [1.82, 2.24) is 11.5 Å². The maximum Gasteiger partial charge on any atom is 0.300 e. The van der Waals surface area contributed by atoms with Crippen molar-refractivity contribution in [3.63, 3.8) is 0 Å². The van der Waals surface area contributed by atoms with E-state index in [2.05, 4.69) is 19.2 Å². The summed E-state index contributed by atoms with van der Waals surface area (Å²) in [5.74, 6) is -4.17. The molecule has 12 nitrogen and oxygen atoms in total. The second-order valence-electron chi connectivity index (χ2n) is 3.55. The minimum absolute atomic E-state index is 0. The van der Waals surface area contributed by atoms with Crippen LogP contribution in [0.25, 0.3) is 0 Å². The third kappa shape index (κ3) is 16400. The van der Waals surface area contributed by atoms with Gasteiger partial charge in [0.05, 0.1) is 0 Å². The fourth-order valence-corrected chi connectivity index (χ4v) is 0.250. The van der Waals surface area contributed by atoms with Gasteiger partial charge in [0.25, 0.3) is 29.8 Å². The van der Waals surface area contributed by atoms with Crippen LogP contribution in [0.5, 0.6) is 0 Å². The highest BCUT2D eigenvalue weighted by Gasteiger charge is 1.67. The molecule has 0 bridgehead atoms. The predicted molar refractivity (Wildman–Crippen MR) is 95.8 cm³/mol. The number of rotatable bonds is 2. The summed E-state index contributed by atoms with van der Waals surface area (Å²) in [5, 5.41) is 40.2. The first-order valence-electron chi connectivity index (χ1n) is 6.76. The van der Waals surface area contributed by atoms with Gasteiger partial charge in [-0.15, -0.1) is 0 Å². The summed E-state index contributed by atoms with van der Waals surface area (Å²) in [6, 6.07) is 0. The molecule has 0 fully saturated rings. The van der Waals surface area contributed by atoms with E-state index in [0.717, 1.165) is 47.7 Å². The van der Waals surface area contributed by atoms with Crippen molar-refractivity contribution in [3.8, 4) is 0 Å². The molecule has 0 aromatic carbocycles. The van der Waals surface area contributed by atoms with Crippen molar-refractivity contribution in [1.29, 1.82) is 0 Å². The number of hydrogen-bond donors (Lipinski definition) is 7. The number of carboxylic acids is 5. The lowest BCUT2D eigenvalue weighted by Crippen LogP contribution is -2.09. The van der Waals surface area contributed by atoms with E-state index in [-0.39, 0.29) is 6.15 Å². The third-order valence-corrected chi connectivity index (χ3v) is 0.500. The minimum atomic E-state index is -0.833.